The number of carbonyl (C=O) groups excluding carboxylic acids is 12. The number of nitrogens with one attached hydrogen (secondary N) is 6. The average molecular weight is 1500 g/mol. The quantitative estimate of drug-likeness (QED) is 0.0621. The number of anilines is 1. The molecule has 2 aromatic carbocycles. The van der Waals surface area contributed by atoms with E-state index < -0.39 is 162 Å². The van der Waals surface area contributed by atoms with E-state index in [0.717, 1.165) is 25.7 Å². The van der Waals surface area contributed by atoms with Gasteiger partial charge in [-0.3, -0.25) is 58.1 Å². The van der Waals surface area contributed by atoms with E-state index in [4.69, 9.17) is 0 Å². The van der Waals surface area contributed by atoms with Gasteiger partial charge in [0.25, 0.3) is 0 Å². The molecule has 12 amide bonds. The standard InChI is InChI=1S/C62H111N11O12.C15H13N3O2S/c1-25-27-28-40(15)52(75)51-56(79)65-43(26-2)58(81)67(18)33-48(74)68(19)44(29-34(3)4)55(78)66-49(38(11)12)61(84)69(20)45(30-35(5)6)54(77)63-41(16)53(76)64-42(17)57(80)70(21)46(31-36(7)8)59(82)71(22)47(32-37(9)10)60(83)72(23)50(39(13)14)62(85)73(51)24;1-20-15(19)18-14-16-12-8-7-11(9-13(12)17-14)21-10-5-3-2-4-6-10/h25,27,34-47,49-52,75H,26,28-33H2,1-24H3,(H,63,77)(H,64,76)(H,65,79)(H,66,78);2-9H,1H3,(H2,16,17,18,19). The Morgan fingerprint density at radius 1 is 0.566 bits per heavy atom. The maximum Gasteiger partial charge on any atom is 0.413 e. The number of hydrogen-bond donors (Lipinski definition) is 7. The van der Waals surface area contributed by atoms with Gasteiger partial charge in [0.2, 0.25) is 70.9 Å². The van der Waals surface area contributed by atoms with Crippen LogP contribution in [0.3, 0.4) is 0 Å². The highest BCUT2D eigenvalue weighted by atomic mass is 32.2. The fourth-order valence-electron chi connectivity index (χ4n) is 12.6. The normalized spacial score (nSPS) is 23.7. The van der Waals surface area contributed by atoms with Crippen LogP contribution < -0.4 is 26.6 Å². The number of rotatable bonds is 18. The highest BCUT2D eigenvalue weighted by Crippen LogP contribution is 2.31. The van der Waals surface area contributed by atoms with E-state index in [1.807, 2.05) is 97.9 Å². The fourth-order valence-corrected chi connectivity index (χ4v) is 13.4. The minimum atomic E-state index is -1.61. The Hall–Kier alpha value is -8.60. The molecule has 106 heavy (non-hydrogen) atoms. The molecule has 3 aromatic rings. The highest BCUT2D eigenvalue weighted by Gasteiger charge is 2.46. The molecule has 12 atom stereocenters. The van der Waals surface area contributed by atoms with E-state index >= 15 is 9.59 Å². The fraction of sp³-hybridized carbons (Fsp3) is 0.649. The van der Waals surface area contributed by atoms with Crippen LogP contribution >= 0.6 is 11.8 Å². The molecule has 29 heteroatoms. The Balaban J connectivity index is 0.00000117. The SMILES string of the molecule is CC=CCC(C)C(O)C1C(=O)NC(CC)C(=O)N(C)CC(=O)N(C)C(CC(C)C)C(=O)NC(C(C)C)C(=O)N(C)C(CC(C)C)C(=O)NC(C)C(=O)NC(C)C(=O)N(C)C(CC(C)C)C(=O)N(C)C(CC(C)C)C(=O)N(C)C(C(C)C)C(=O)N1C.COC(=O)Nc1nc2ccc(Sc3ccccc3)cc2[nH]1. The highest BCUT2D eigenvalue weighted by molar-refractivity contribution is 7.99. The maximum atomic E-state index is 15.1. The number of amides is 12. The van der Waals surface area contributed by atoms with Gasteiger partial charge in [-0.25, -0.2) is 9.78 Å². The summed E-state index contributed by atoms with van der Waals surface area (Å²) in [5.74, 6) is -9.33. The minimum Gasteiger partial charge on any atom is -0.453 e. The molecule has 592 valence electrons. The summed E-state index contributed by atoms with van der Waals surface area (Å²) in [5.41, 5.74) is 1.65. The molecule has 4 rings (SSSR count). The number of hydrogen-bond acceptors (Lipinski definition) is 16. The number of aliphatic hydroxyl groups is 1. The predicted molar refractivity (Wildman–Crippen MR) is 411 cm³/mol. The van der Waals surface area contributed by atoms with Gasteiger partial charge in [0, 0.05) is 59.1 Å². The second-order valence-electron chi connectivity index (χ2n) is 30.4. The van der Waals surface area contributed by atoms with Gasteiger partial charge in [0.15, 0.2) is 0 Å². The number of aliphatic hydroxyl groups excluding tert-OH is 1. The Bertz CT molecular complexity index is 3490. The van der Waals surface area contributed by atoms with E-state index in [0.29, 0.717) is 12.4 Å². The Kier molecular flexibility index (Phi) is 36.9. The monoisotopic (exact) mass is 1500 g/mol. The summed E-state index contributed by atoms with van der Waals surface area (Å²) in [6, 6.07) is 3.73. The van der Waals surface area contributed by atoms with Gasteiger partial charge in [0.1, 0.15) is 60.4 Å². The molecule has 1 aromatic heterocycles. The first-order valence-electron chi connectivity index (χ1n) is 36.9. The molecule has 1 aliphatic rings. The van der Waals surface area contributed by atoms with Crippen molar-refractivity contribution in [1.82, 2.24) is 65.5 Å². The Morgan fingerprint density at radius 3 is 1.57 bits per heavy atom. The predicted octanol–water partition coefficient (Wildman–Crippen LogP) is 7.16. The number of methoxy groups -OCH3 is 1. The summed E-state index contributed by atoms with van der Waals surface area (Å²) in [4.78, 5) is 189. The van der Waals surface area contributed by atoms with Crippen molar-refractivity contribution in [2.45, 2.75) is 233 Å². The van der Waals surface area contributed by atoms with Crippen LogP contribution in [0.5, 0.6) is 0 Å². The number of benzene rings is 2. The van der Waals surface area contributed by atoms with Crippen molar-refractivity contribution in [3.05, 3.63) is 60.7 Å². The van der Waals surface area contributed by atoms with E-state index in [1.54, 1.807) is 66.3 Å². The minimum absolute atomic E-state index is 0.0229. The third kappa shape index (κ3) is 26.1. The summed E-state index contributed by atoms with van der Waals surface area (Å²) in [6.07, 6.45) is 2.49. The first kappa shape index (κ1) is 91.6. The molecule has 2 heterocycles. The second-order valence-corrected chi connectivity index (χ2v) is 31.5. The average Bonchev–Trinajstić information content (AvgIpc) is 1.12. The largest absolute Gasteiger partial charge is 0.453 e. The first-order chi connectivity index (χ1) is 49.5. The summed E-state index contributed by atoms with van der Waals surface area (Å²) in [7, 11) is 11.2. The molecule has 1 aliphatic heterocycles. The zero-order valence-corrected chi connectivity index (χ0v) is 68.2. The van der Waals surface area contributed by atoms with Crippen LogP contribution in [0.1, 0.15) is 156 Å². The van der Waals surface area contributed by atoms with E-state index in [1.165, 1.54) is 99.7 Å². The van der Waals surface area contributed by atoms with E-state index in [-0.39, 0.29) is 55.8 Å². The van der Waals surface area contributed by atoms with Crippen LogP contribution in [0.2, 0.25) is 0 Å². The molecular weight excluding hydrogens is 1380 g/mol. The second kappa shape index (κ2) is 42.7. The van der Waals surface area contributed by atoms with Gasteiger partial charge in [-0.1, -0.05) is 139 Å². The zero-order chi connectivity index (χ0) is 80.6. The van der Waals surface area contributed by atoms with Gasteiger partial charge in [0.05, 0.1) is 30.8 Å². The maximum absolute atomic E-state index is 15.1. The molecule has 0 bridgehead atoms. The third-order valence-electron chi connectivity index (χ3n) is 18.9. The van der Waals surface area contributed by atoms with Crippen LogP contribution in [0.15, 0.2) is 70.5 Å². The molecule has 1 saturated heterocycles. The van der Waals surface area contributed by atoms with Crippen molar-refractivity contribution in [1.29, 1.82) is 0 Å². The van der Waals surface area contributed by atoms with Gasteiger partial charge in [-0.2, -0.15) is 0 Å². The molecule has 7 N–H and O–H groups in total. The number of imidazole rings is 1. The number of aromatic amines is 1. The van der Waals surface area contributed by atoms with Crippen LogP contribution in [0.4, 0.5) is 10.7 Å². The van der Waals surface area contributed by atoms with Gasteiger partial charge < -0.3 is 70.4 Å². The lowest BCUT2D eigenvalue weighted by Gasteiger charge is -2.41. The topological polar surface area (TPSA) is 346 Å². The molecular formula is C77H124N14O14S. The lowest BCUT2D eigenvalue weighted by Crippen LogP contribution is -2.63. The number of nitrogens with zero attached hydrogens (tertiary/aromatic N) is 8. The number of ether oxygens (including phenoxy) is 1. The molecule has 12 unspecified atom stereocenters. The molecule has 0 aliphatic carbocycles. The van der Waals surface area contributed by atoms with Gasteiger partial charge in [-0.05, 0) is 131 Å². The van der Waals surface area contributed by atoms with Crippen molar-refractivity contribution < 1.29 is 67.4 Å². The van der Waals surface area contributed by atoms with Crippen molar-refractivity contribution in [2.75, 3.05) is 68.3 Å². The summed E-state index contributed by atoms with van der Waals surface area (Å²) < 4.78 is 4.54. The summed E-state index contributed by atoms with van der Waals surface area (Å²) in [5, 5.41) is 25.6. The smallest absolute Gasteiger partial charge is 0.413 e. The number of allylic oxidation sites excluding steroid dienone is 2. The van der Waals surface area contributed by atoms with Gasteiger partial charge in [-0.15, -0.1) is 0 Å². The van der Waals surface area contributed by atoms with Gasteiger partial charge >= 0.3 is 6.09 Å². The zero-order valence-electron chi connectivity index (χ0n) is 67.4. The summed E-state index contributed by atoms with van der Waals surface area (Å²) >= 11 is 1.67. The number of likely N-dealkylation sites (N-methyl/N-ethyl adjacent to an activating group) is 7. The van der Waals surface area contributed by atoms with Crippen molar-refractivity contribution >= 4 is 99.8 Å². The molecule has 28 nitrogen and oxygen atoms in total. The van der Waals surface area contributed by atoms with E-state index in [2.05, 4.69) is 53.4 Å². The number of H-pyrrole nitrogens is 1. The third-order valence-corrected chi connectivity index (χ3v) is 19.9. The molecule has 0 radical (unpaired) electrons. The molecule has 0 saturated carbocycles. The Morgan fingerprint density at radius 2 is 1.06 bits per heavy atom. The van der Waals surface area contributed by atoms with Crippen LogP contribution in [0.25, 0.3) is 11.0 Å². The molecule has 0 spiro atoms. The van der Waals surface area contributed by atoms with Crippen LogP contribution in [0, 0.1) is 41.4 Å². The number of fused-ring (bicyclic) bond motifs is 1. The van der Waals surface area contributed by atoms with Crippen LogP contribution in [-0.2, 0) is 57.5 Å². The first-order valence-corrected chi connectivity index (χ1v) is 37.7. The van der Waals surface area contributed by atoms with Crippen molar-refractivity contribution in [3.63, 3.8) is 0 Å². The van der Waals surface area contributed by atoms with Crippen molar-refractivity contribution in [3.8, 4) is 0 Å². The number of carbonyl (C=O) groups is 12. The number of aromatic nitrogens is 2. The molecule has 1 fully saturated rings. The lowest BCUT2D eigenvalue weighted by molar-refractivity contribution is -0.157. The summed E-state index contributed by atoms with van der Waals surface area (Å²) in [6.45, 7) is 29.3. The Labute approximate surface area is 632 Å². The lowest BCUT2D eigenvalue weighted by atomic mass is 9.91. The van der Waals surface area contributed by atoms with E-state index in [9.17, 15) is 53.1 Å². The van der Waals surface area contributed by atoms with Crippen molar-refractivity contribution in [2.24, 2.45) is 41.4 Å². The van der Waals surface area contributed by atoms with Crippen LogP contribution in [-0.4, -0.2) is 250 Å².